The summed E-state index contributed by atoms with van der Waals surface area (Å²) in [6.45, 7) is 0.471. The third-order valence-corrected chi connectivity index (χ3v) is 5.59. The third-order valence-electron chi connectivity index (χ3n) is 4.40. The molecule has 0 aromatic heterocycles. The lowest BCUT2D eigenvalue weighted by atomic mass is 10.2. The molecule has 0 aliphatic heterocycles. The van der Waals surface area contributed by atoms with Crippen molar-refractivity contribution >= 4 is 21.6 Å². The zero-order valence-corrected chi connectivity index (χ0v) is 18.5. The lowest BCUT2D eigenvalue weighted by Crippen LogP contribution is -2.33. The number of halogens is 3. The van der Waals surface area contributed by atoms with Crippen LogP contribution >= 0.6 is 0 Å². The highest BCUT2D eigenvalue weighted by molar-refractivity contribution is 7.92. The van der Waals surface area contributed by atoms with Gasteiger partial charge < -0.3 is 14.8 Å². The maximum absolute atomic E-state index is 12.7. The van der Waals surface area contributed by atoms with Crippen LogP contribution < -0.4 is 19.1 Å². The maximum atomic E-state index is 12.7. The molecule has 0 saturated carbocycles. The van der Waals surface area contributed by atoms with Gasteiger partial charge in [-0.25, -0.2) is 8.42 Å². The van der Waals surface area contributed by atoms with Crippen LogP contribution in [0.25, 0.3) is 0 Å². The third kappa shape index (κ3) is 7.95. The molecule has 2 rings (SSSR count). The normalized spacial score (nSPS) is 11.7. The van der Waals surface area contributed by atoms with Gasteiger partial charge in [0.05, 0.1) is 31.2 Å². The fourth-order valence-corrected chi connectivity index (χ4v) is 3.77. The van der Waals surface area contributed by atoms with E-state index in [9.17, 15) is 26.4 Å². The Morgan fingerprint density at radius 3 is 2.16 bits per heavy atom. The molecule has 7 nitrogen and oxygen atoms in total. The van der Waals surface area contributed by atoms with Gasteiger partial charge in [-0.05, 0) is 55.0 Å². The number of sulfonamides is 1. The van der Waals surface area contributed by atoms with E-state index in [2.05, 4.69) is 5.32 Å². The van der Waals surface area contributed by atoms with Crippen molar-refractivity contribution in [1.29, 1.82) is 0 Å². The predicted octanol–water partition coefficient (Wildman–Crippen LogP) is 3.46. The van der Waals surface area contributed by atoms with Crippen molar-refractivity contribution in [2.75, 3.05) is 37.4 Å². The number of benzene rings is 2. The Bertz CT molecular complexity index is 978. The Labute approximate surface area is 185 Å². The van der Waals surface area contributed by atoms with Crippen LogP contribution in [0.2, 0.25) is 0 Å². The number of nitrogens with zero attached hydrogens (tertiary/aromatic N) is 1. The zero-order valence-electron chi connectivity index (χ0n) is 17.7. The SMILES string of the molecule is COc1ccc(OCCNC(=O)CCCN(c2ccc(C(F)(F)F)cc2)S(C)(=O)=O)cc1. The second-order valence-electron chi connectivity index (χ2n) is 6.86. The topological polar surface area (TPSA) is 84.9 Å². The molecule has 0 saturated heterocycles. The summed E-state index contributed by atoms with van der Waals surface area (Å²) in [5.74, 6) is 1.04. The number of anilines is 1. The fourth-order valence-electron chi connectivity index (χ4n) is 2.81. The number of ether oxygens (including phenoxy) is 2. The highest BCUT2D eigenvalue weighted by Crippen LogP contribution is 2.31. The second kappa shape index (κ2) is 11.1. The van der Waals surface area contributed by atoms with Gasteiger partial charge in [-0.15, -0.1) is 0 Å². The summed E-state index contributed by atoms with van der Waals surface area (Å²) in [5.41, 5.74) is -0.764. The minimum atomic E-state index is -4.51. The molecule has 0 heterocycles. The second-order valence-corrected chi connectivity index (χ2v) is 8.76. The minimum Gasteiger partial charge on any atom is -0.497 e. The Balaban J connectivity index is 1.79. The zero-order chi connectivity index (χ0) is 23.8. The van der Waals surface area contributed by atoms with E-state index < -0.39 is 21.8 Å². The van der Waals surface area contributed by atoms with Crippen molar-refractivity contribution in [2.45, 2.75) is 19.0 Å². The number of alkyl halides is 3. The van der Waals surface area contributed by atoms with Crippen LogP contribution in [0.1, 0.15) is 18.4 Å². The van der Waals surface area contributed by atoms with Crippen molar-refractivity contribution in [3.63, 3.8) is 0 Å². The monoisotopic (exact) mass is 474 g/mol. The molecule has 32 heavy (non-hydrogen) atoms. The quantitative estimate of drug-likeness (QED) is 0.505. The number of methoxy groups -OCH3 is 1. The van der Waals surface area contributed by atoms with Crippen molar-refractivity contribution in [3.8, 4) is 11.5 Å². The van der Waals surface area contributed by atoms with E-state index in [1.165, 1.54) is 0 Å². The molecule has 1 amide bonds. The molecule has 11 heteroatoms. The van der Waals surface area contributed by atoms with Crippen molar-refractivity contribution in [3.05, 3.63) is 54.1 Å². The average molecular weight is 475 g/mol. The molecule has 176 valence electrons. The number of amides is 1. The van der Waals surface area contributed by atoms with E-state index >= 15 is 0 Å². The molecular weight excluding hydrogens is 449 g/mol. The first-order valence-electron chi connectivity index (χ1n) is 9.69. The smallest absolute Gasteiger partial charge is 0.416 e. The summed E-state index contributed by atoms with van der Waals surface area (Å²) in [6, 6.07) is 10.8. The lowest BCUT2D eigenvalue weighted by molar-refractivity contribution is -0.137. The summed E-state index contributed by atoms with van der Waals surface area (Å²) < 4.78 is 73.8. The first-order valence-corrected chi connectivity index (χ1v) is 11.5. The van der Waals surface area contributed by atoms with Gasteiger partial charge in [0.1, 0.15) is 18.1 Å². The number of hydrogen-bond acceptors (Lipinski definition) is 5. The van der Waals surface area contributed by atoms with Crippen LogP contribution in [0.4, 0.5) is 18.9 Å². The molecule has 0 aliphatic carbocycles. The van der Waals surface area contributed by atoms with Crippen LogP contribution in [0.15, 0.2) is 48.5 Å². The molecule has 0 radical (unpaired) electrons. The van der Waals surface area contributed by atoms with Gasteiger partial charge in [0.2, 0.25) is 15.9 Å². The average Bonchev–Trinajstić information content (AvgIpc) is 2.73. The van der Waals surface area contributed by atoms with E-state index in [0.717, 1.165) is 34.8 Å². The molecule has 0 fully saturated rings. The predicted molar refractivity (Wildman–Crippen MR) is 114 cm³/mol. The van der Waals surface area contributed by atoms with Crippen LogP contribution in [0, 0.1) is 0 Å². The van der Waals surface area contributed by atoms with Crippen LogP contribution in [-0.4, -0.2) is 47.4 Å². The summed E-state index contributed by atoms with van der Waals surface area (Å²) in [7, 11) is -2.17. The van der Waals surface area contributed by atoms with Crippen LogP contribution in [-0.2, 0) is 21.0 Å². The maximum Gasteiger partial charge on any atom is 0.416 e. The van der Waals surface area contributed by atoms with Gasteiger partial charge in [0, 0.05) is 13.0 Å². The molecule has 0 spiro atoms. The first kappa shape index (κ1) is 25.3. The molecule has 0 bridgehead atoms. The number of carbonyl (C=O) groups is 1. The molecule has 0 unspecified atom stereocenters. The summed E-state index contributed by atoms with van der Waals surface area (Å²) in [4.78, 5) is 12.0. The highest BCUT2D eigenvalue weighted by Gasteiger charge is 2.30. The van der Waals surface area contributed by atoms with E-state index in [-0.39, 0.29) is 44.1 Å². The molecule has 0 atom stereocenters. The number of nitrogens with one attached hydrogen (secondary N) is 1. The fraction of sp³-hybridized carbons (Fsp3) is 0.381. The van der Waals surface area contributed by atoms with Crippen molar-refractivity contribution in [1.82, 2.24) is 5.32 Å². The first-order chi connectivity index (χ1) is 15.0. The molecule has 1 N–H and O–H groups in total. The summed E-state index contributed by atoms with van der Waals surface area (Å²) in [6.07, 6.45) is -3.31. The standard InChI is InChI=1S/C21H25F3N2O5S/c1-30-18-9-11-19(12-10-18)31-15-13-25-20(27)4-3-14-26(32(2,28)29)17-7-5-16(6-8-17)21(22,23)24/h5-12H,3-4,13-15H2,1-2H3,(H,25,27). The van der Waals surface area contributed by atoms with Gasteiger partial charge in [0.15, 0.2) is 0 Å². The molecule has 2 aromatic carbocycles. The molecule has 2 aromatic rings. The number of carbonyl (C=O) groups excluding carboxylic acids is 1. The molecular formula is C21H25F3N2O5S. The van der Waals surface area contributed by atoms with Crippen molar-refractivity contribution < 1.29 is 35.9 Å². The van der Waals surface area contributed by atoms with Gasteiger partial charge in [-0.2, -0.15) is 13.2 Å². The van der Waals surface area contributed by atoms with E-state index in [1.54, 1.807) is 31.4 Å². The van der Waals surface area contributed by atoms with Gasteiger partial charge in [-0.1, -0.05) is 0 Å². The van der Waals surface area contributed by atoms with E-state index in [0.29, 0.717) is 11.5 Å². The van der Waals surface area contributed by atoms with Gasteiger partial charge >= 0.3 is 6.18 Å². The van der Waals surface area contributed by atoms with Crippen molar-refractivity contribution in [2.24, 2.45) is 0 Å². The molecule has 0 aliphatic rings. The number of rotatable bonds is 11. The van der Waals surface area contributed by atoms with Crippen LogP contribution in [0.3, 0.4) is 0 Å². The Hall–Kier alpha value is -2.95. The number of hydrogen-bond donors (Lipinski definition) is 1. The van der Waals surface area contributed by atoms with Crippen LogP contribution in [0.5, 0.6) is 11.5 Å². The summed E-state index contributed by atoms with van der Waals surface area (Å²) in [5, 5.41) is 2.67. The largest absolute Gasteiger partial charge is 0.497 e. The Kier molecular flexibility index (Phi) is 8.76. The highest BCUT2D eigenvalue weighted by atomic mass is 32.2. The summed E-state index contributed by atoms with van der Waals surface area (Å²) >= 11 is 0. The Morgan fingerprint density at radius 1 is 1.03 bits per heavy atom. The lowest BCUT2D eigenvalue weighted by Gasteiger charge is -2.22. The minimum absolute atomic E-state index is 0.0417. The van der Waals surface area contributed by atoms with E-state index in [1.807, 2.05) is 0 Å². The van der Waals surface area contributed by atoms with E-state index in [4.69, 9.17) is 9.47 Å². The van der Waals surface area contributed by atoms with Gasteiger partial charge in [-0.3, -0.25) is 9.10 Å². The Morgan fingerprint density at radius 2 is 1.62 bits per heavy atom. The van der Waals surface area contributed by atoms with Gasteiger partial charge in [0.25, 0.3) is 0 Å².